The van der Waals surface area contributed by atoms with Gasteiger partial charge in [-0.3, -0.25) is 4.79 Å². The quantitative estimate of drug-likeness (QED) is 0.289. The molecule has 0 spiro atoms. The second kappa shape index (κ2) is 9.53. The molecular formula is C22H21Cl2N3OS. The molecule has 0 atom stereocenters. The fourth-order valence-electron chi connectivity index (χ4n) is 2.93. The first kappa shape index (κ1) is 21.5. The Labute approximate surface area is 184 Å². The molecule has 0 saturated heterocycles. The summed E-state index contributed by atoms with van der Waals surface area (Å²) in [5, 5.41) is 5.13. The molecule has 7 heteroatoms. The van der Waals surface area contributed by atoms with Crippen LogP contribution < -0.4 is 5.43 Å². The highest BCUT2D eigenvalue weighted by Crippen LogP contribution is 2.27. The SMILES string of the molecule is Cc1ccc(SCC(=O)N/N=C\c2cc(C)n(-c3ccc(Cl)c(Cl)c3)c2C)cc1. The van der Waals surface area contributed by atoms with Gasteiger partial charge in [0.05, 0.1) is 22.0 Å². The first-order valence-corrected chi connectivity index (χ1v) is 10.7. The van der Waals surface area contributed by atoms with Gasteiger partial charge in [-0.05, 0) is 57.2 Å². The summed E-state index contributed by atoms with van der Waals surface area (Å²) in [4.78, 5) is 13.1. The average Bonchev–Trinajstić information content (AvgIpc) is 2.97. The van der Waals surface area contributed by atoms with Crippen molar-refractivity contribution in [3.05, 3.63) is 81.1 Å². The van der Waals surface area contributed by atoms with Crippen LogP contribution in [0.2, 0.25) is 10.0 Å². The predicted molar refractivity (Wildman–Crippen MR) is 123 cm³/mol. The number of aromatic nitrogens is 1. The Kier molecular flexibility index (Phi) is 7.06. The topological polar surface area (TPSA) is 46.4 Å². The van der Waals surface area contributed by atoms with E-state index in [4.69, 9.17) is 23.2 Å². The van der Waals surface area contributed by atoms with Gasteiger partial charge in [0.25, 0.3) is 0 Å². The van der Waals surface area contributed by atoms with E-state index in [1.807, 2.05) is 63.2 Å². The number of amides is 1. The lowest BCUT2D eigenvalue weighted by atomic mass is 10.2. The number of hydrazone groups is 1. The number of hydrogen-bond acceptors (Lipinski definition) is 3. The number of thioether (sulfide) groups is 1. The van der Waals surface area contributed by atoms with E-state index in [1.54, 1.807) is 12.3 Å². The molecule has 0 bridgehead atoms. The first-order chi connectivity index (χ1) is 13.8. The maximum absolute atomic E-state index is 12.0. The molecule has 2 aromatic carbocycles. The summed E-state index contributed by atoms with van der Waals surface area (Å²) in [6, 6.07) is 15.6. The van der Waals surface area contributed by atoms with Crippen molar-refractivity contribution in [2.24, 2.45) is 5.10 Å². The van der Waals surface area contributed by atoms with Crippen molar-refractivity contribution in [2.45, 2.75) is 25.7 Å². The third kappa shape index (κ3) is 5.44. The molecule has 0 unspecified atom stereocenters. The number of aryl methyl sites for hydroxylation is 2. The lowest BCUT2D eigenvalue weighted by Crippen LogP contribution is -2.19. The zero-order chi connectivity index (χ0) is 21.0. The molecule has 1 amide bonds. The highest BCUT2D eigenvalue weighted by Gasteiger charge is 2.11. The van der Waals surface area contributed by atoms with E-state index in [1.165, 1.54) is 17.3 Å². The lowest BCUT2D eigenvalue weighted by Gasteiger charge is -2.10. The fraction of sp³-hybridized carbons (Fsp3) is 0.182. The first-order valence-electron chi connectivity index (χ1n) is 9.01. The lowest BCUT2D eigenvalue weighted by molar-refractivity contribution is -0.118. The van der Waals surface area contributed by atoms with Gasteiger partial charge in [-0.25, -0.2) is 5.43 Å². The molecule has 0 radical (unpaired) electrons. The second-order valence-electron chi connectivity index (χ2n) is 6.66. The molecule has 4 nitrogen and oxygen atoms in total. The molecule has 150 valence electrons. The van der Waals surface area contributed by atoms with E-state index in [2.05, 4.69) is 15.1 Å². The number of carbonyl (C=O) groups is 1. The molecule has 3 aromatic rings. The highest BCUT2D eigenvalue weighted by molar-refractivity contribution is 8.00. The van der Waals surface area contributed by atoms with E-state index in [9.17, 15) is 4.79 Å². The molecular weight excluding hydrogens is 425 g/mol. The van der Waals surface area contributed by atoms with Crippen molar-refractivity contribution in [2.75, 3.05) is 5.75 Å². The molecule has 0 fully saturated rings. The number of hydrogen-bond donors (Lipinski definition) is 1. The number of benzene rings is 2. The summed E-state index contributed by atoms with van der Waals surface area (Å²) in [6.07, 6.45) is 1.66. The number of rotatable bonds is 6. The van der Waals surface area contributed by atoms with Crippen molar-refractivity contribution in [1.82, 2.24) is 9.99 Å². The maximum atomic E-state index is 12.0. The standard InChI is InChI=1S/C22H21Cl2N3OS/c1-14-4-7-19(8-5-14)29-13-22(28)26-25-12-17-10-15(2)27(16(17)3)18-6-9-20(23)21(24)11-18/h4-12H,13H2,1-3H3,(H,26,28)/b25-12-. The van der Waals surface area contributed by atoms with Crippen molar-refractivity contribution < 1.29 is 4.79 Å². The number of nitrogens with one attached hydrogen (secondary N) is 1. The molecule has 1 N–H and O–H groups in total. The summed E-state index contributed by atoms with van der Waals surface area (Å²) >= 11 is 13.7. The van der Waals surface area contributed by atoms with Crippen LogP contribution in [-0.2, 0) is 4.79 Å². The third-order valence-electron chi connectivity index (χ3n) is 4.42. The highest BCUT2D eigenvalue weighted by atomic mass is 35.5. The Hall–Kier alpha value is -2.21. The predicted octanol–water partition coefficient (Wildman–Crippen LogP) is 5.95. The third-order valence-corrected chi connectivity index (χ3v) is 6.17. The van der Waals surface area contributed by atoms with Gasteiger partial charge in [0, 0.05) is 27.5 Å². The zero-order valence-electron chi connectivity index (χ0n) is 16.4. The largest absolute Gasteiger partial charge is 0.318 e. The van der Waals surface area contributed by atoms with Crippen LogP contribution in [0.4, 0.5) is 0 Å². The fourth-order valence-corrected chi connectivity index (χ4v) is 3.91. The average molecular weight is 446 g/mol. The van der Waals surface area contributed by atoms with Gasteiger partial charge < -0.3 is 4.57 Å². The summed E-state index contributed by atoms with van der Waals surface area (Å²) in [6.45, 7) is 6.03. The zero-order valence-corrected chi connectivity index (χ0v) is 18.7. The van der Waals surface area contributed by atoms with Crippen molar-refractivity contribution in [3.8, 4) is 5.69 Å². The van der Waals surface area contributed by atoms with Crippen LogP contribution in [0.1, 0.15) is 22.5 Å². The van der Waals surface area contributed by atoms with E-state index < -0.39 is 0 Å². The summed E-state index contributed by atoms with van der Waals surface area (Å²) in [7, 11) is 0. The van der Waals surface area contributed by atoms with Gasteiger partial charge in [0.2, 0.25) is 5.91 Å². The molecule has 29 heavy (non-hydrogen) atoms. The van der Waals surface area contributed by atoms with Gasteiger partial charge in [-0.2, -0.15) is 5.10 Å². The van der Waals surface area contributed by atoms with Crippen LogP contribution in [0, 0.1) is 20.8 Å². The Morgan fingerprint density at radius 2 is 1.79 bits per heavy atom. The molecule has 0 aliphatic heterocycles. The van der Waals surface area contributed by atoms with Crippen LogP contribution in [0.25, 0.3) is 5.69 Å². The summed E-state index contributed by atoms with van der Waals surface area (Å²) in [5.74, 6) is 0.160. The summed E-state index contributed by atoms with van der Waals surface area (Å²) in [5.41, 5.74) is 7.65. The van der Waals surface area contributed by atoms with Crippen LogP contribution >= 0.6 is 35.0 Å². The van der Waals surface area contributed by atoms with Gasteiger partial charge in [-0.1, -0.05) is 40.9 Å². The molecule has 1 heterocycles. The molecule has 0 aliphatic carbocycles. The van der Waals surface area contributed by atoms with Gasteiger partial charge in [0.1, 0.15) is 0 Å². The van der Waals surface area contributed by atoms with Crippen molar-refractivity contribution in [1.29, 1.82) is 0 Å². The molecule has 1 aromatic heterocycles. The van der Waals surface area contributed by atoms with E-state index >= 15 is 0 Å². The molecule has 3 rings (SSSR count). The van der Waals surface area contributed by atoms with E-state index in [-0.39, 0.29) is 5.91 Å². The number of carbonyl (C=O) groups excluding carboxylic acids is 1. The van der Waals surface area contributed by atoms with E-state index in [0.29, 0.717) is 15.8 Å². The number of nitrogens with zero attached hydrogens (tertiary/aromatic N) is 2. The minimum absolute atomic E-state index is 0.148. The van der Waals surface area contributed by atoms with E-state index in [0.717, 1.165) is 27.5 Å². The van der Waals surface area contributed by atoms with Crippen LogP contribution in [0.3, 0.4) is 0 Å². The molecule has 0 saturated carbocycles. The van der Waals surface area contributed by atoms with Gasteiger partial charge in [-0.15, -0.1) is 11.8 Å². The Morgan fingerprint density at radius 3 is 2.48 bits per heavy atom. The van der Waals surface area contributed by atoms with Crippen molar-refractivity contribution in [3.63, 3.8) is 0 Å². The van der Waals surface area contributed by atoms with Gasteiger partial charge in [0.15, 0.2) is 0 Å². The second-order valence-corrected chi connectivity index (χ2v) is 8.52. The Morgan fingerprint density at radius 1 is 1.07 bits per heavy atom. The Bertz CT molecular complexity index is 1060. The smallest absolute Gasteiger partial charge is 0.250 e. The molecule has 0 aliphatic rings. The number of halogens is 2. The Balaban J connectivity index is 1.64. The van der Waals surface area contributed by atoms with Crippen LogP contribution in [-0.4, -0.2) is 22.4 Å². The minimum Gasteiger partial charge on any atom is -0.318 e. The minimum atomic E-state index is -0.148. The normalized spacial score (nSPS) is 11.2. The van der Waals surface area contributed by atoms with Crippen LogP contribution in [0.5, 0.6) is 0 Å². The van der Waals surface area contributed by atoms with Crippen molar-refractivity contribution >= 4 is 47.1 Å². The van der Waals surface area contributed by atoms with Crippen LogP contribution in [0.15, 0.2) is 58.5 Å². The van der Waals surface area contributed by atoms with Gasteiger partial charge >= 0.3 is 0 Å². The monoisotopic (exact) mass is 445 g/mol. The summed E-state index contributed by atoms with van der Waals surface area (Å²) < 4.78 is 2.07. The maximum Gasteiger partial charge on any atom is 0.250 e.